The zero-order valence-corrected chi connectivity index (χ0v) is 12.1. The van der Waals surface area contributed by atoms with Crippen LogP contribution in [0.5, 0.6) is 0 Å². The third kappa shape index (κ3) is 4.51. The average molecular weight is 261 g/mol. The van der Waals surface area contributed by atoms with Crippen LogP contribution < -0.4 is 5.73 Å². The Balaban J connectivity index is 1.86. The minimum absolute atomic E-state index is 0.921. The summed E-state index contributed by atoms with van der Waals surface area (Å²) in [6.07, 6.45) is 3.95. The molecule has 0 saturated carbocycles. The molecule has 0 aromatic heterocycles. The molecule has 0 amide bonds. The smallest absolute Gasteiger partial charge is 0.0359 e. The Morgan fingerprint density at radius 1 is 1.16 bits per heavy atom. The molecule has 0 spiro atoms. The summed E-state index contributed by atoms with van der Waals surface area (Å²) in [6, 6.07) is 8.23. The average Bonchev–Trinajstić information content (AvgIpc) is 2.92. The van der Waals surface area contributed by atoms with Crippen molar-refractivity contribution >= 4 is 5.69 Å². The number of nitrogens with two attached hydrogens (primary N) is 1. The number of anilines is 1. The topological polar surface area (TPSA) is 32.5 Å². The van der Waals surface area contributed by atoms with E-state index in [0.29, 0.717) is 0 Å². The maximum atomic E-state index is 6.05. The maximum absolute atomic E-state index is 6.05. The van der Waals surface area contributed by atoms with Crippen LogP contribution in [0.15, 0.2) is 24.3 Å². The molecule has 1 aliphatic heterocycles. The lowest BCUT2D eigenvalue weighted by atomic mass is 10.1. The minimum atomic E-state index is 0.921. The Kier molecular flexibility index (Phi) is 5.67. The lowest BCUT2D eigenvalue weighted by Gasteiger charge is -2.25. The number of likely N-dealkylation sites (tertiary alicyclic amines) is 1. The fourth-order valence-corrected chi connectivity index (χ4v) is 2.79. The van der Waals surface area contributed by atoms with E-state index in [4.69, 9.17) is 5.73 Å². The van der Waals surface area contributed by atoms with Crippen LogP contribution in [0.2, 0.25) is 0 Å². The van der Waals surface area contributed by atoms with Crippen LogP contribution in [0.25, 0.3) is 0 Å². The number of nitrogen functional groups attached to an aromatic ring is 1. The van der Waals surface area contributed by atoms with Crippen molar-refractivity contribution in [3.05, 3.63) is 29.8 Å². The van der Waals surface area contributed by atoms with E-state index < -0.39 is 0 Å². The summed E-state index contributed by atoms with van der Waals surface area (Å²) in [7, 11) is 0. The maximum Gasteiger partial charge on any atom is 0.0359 e. The molecule has 1 aromatic rings. The second-order valence-electron chi connectivity index (χ2n) is 5.52. The van der Waals surface area contributed by atoms with Crippen LogP contribution in [0.4, 0.5) is 5.69 Å². The highest BCUT2D eigenvalue weighted by Gasteiger charge is 2.13. The highest BCUT2D eigenvalue weighted by Crippen LogP contribution is 2.14. The lowest BCUT2D eigenvalue weighted by molar-refractivity contribution is 0.219. The minimum Gasteiger partial charge on any atom is -0.398 e. The summed E-state index contributed by atoms with van der Waals surface area (Å²) in [4.78, 5) is 5.11. The van der Waals surface area contributed by atoms with Gasteiger partial charge in [-0.15, -0.1) is 0 Å². The van der Waals surface area contributed by atoms with Crippen LogP contribution in [0, 0.1) is 0 Å². The first-order valence-corrected chi connectivity index (χ1v) is 7.57. The Morgan fingerprint density at radius 3 is 2.58 bits per heavy atom. The first kappa shape index (κ1) is 14.4. The van der Waals surface area contributed by atoms with Crippen LogP contribution in [0.1, 0.15) is 31.7 Å². The fourth-order valence-electron chi connectivity index (χ4n) is 2.79. The molecule has 2 N–H and O–H groups in total. The molecule has 1 aromatic carbocycles. The van der Waals surface area contributed by atoms with Crippen molar-refractivity contribution in [1.29, 1.82) is 0 Å². The molecular formula is C16H27N3. The van der Waals surface area contributed by atoms with E-state index in [1.807, 2.05) is 12.1 Å². The molecule has 1 fully saturated rings. The van der Waals surface area contributed by atoms with Crippen molar-refractivity contribution < 1.29 is 0 Å². The molecule has 1 aliphatic rings. The number of benzene rings is 1. The van der Waals surface area contributed by atoms with Crippen LogP contribution in [0.3, 0.4) is 0 Å². The SMILES string of the molecule is CCCN(CCN1CCCC1)Cc1ccccc1N. The number of para-hydroxylation sites is 1. The summed E-state index contributed by atoms with van der Waals surface area (Å²) in [5.74, 6) is 0. The van der Waals surface area contributed by atoms with E-state index >= 15 is 0 Å². The highest BCUT2D eigenvalue weighted by molar-refractivity contribution is 5.46. The van der Waals surface area contributed by atoms with E-state index in [0.717, 1.165) is 25.3 Å². The number of hydrogen-bond acceptors (Lipinski definition) is 3. The number of nitrogens with zero attached hydrogens (tertiary/aromatic N) is 2. The predicted octanol–water partition coefficient (Wildman–Crippen LogP) is 2.58. The first-order valence-electron chi connectivity index (χ1n) is 7.57. The second kappa shape index (κ2) is 7.51. The van der Waals surface area contributed by atoms with E-state index in [9.17, 15) is 0 Å². The third-order valence-corrected chi connectivity index (χ3v) is 3.92. The van der Waals surface area contributed by atoms with Gasteiger partial charge in [0.2, 0.25) is 0 Å². The van der Waals surface area contributed by atoms with Crippen LogP contribution in [-0.4, -0.2) is 42.5 Å². The number of hydrogen-bond donors (Lipinski definition) is 1. The summed E-state index contributed by atoms with van der Waals surface area (Å²) in [5, 5.41) is 0. The molecule has 0 unspecified atom stereocenters. The molecule has 3 heteroatoms. The molecule has 1 heterocycles. The Labute approximate surface area is 117 Å². The molecule has 2 rings (SSSR count). The summed E-state index contributed by atoms with van der Waals surface area (Å²) in [5.41, 5.74) is 8.23. The fraction of sp³-hybridized carbons (Fsp3) is 0.625. The van der Waals surface area contributed by atoms with Gasteiger partial charge in [0.05, 0.1) is 0 Å². The first-order chi connectivity index (χ1) is 9.29. The van der Waals surface area contributed by atoms with Gasteiger partial charge in [0.15, 0.2) is 0 Å². The third-order valence-electron chi connectivity index (χ3n) is 3.92. The van der Waals surface area contributed by atoms with Gasteiger partial charge in [0.1, 0.15) is 0 Å². The van der Waals surface area contributed by atoms with Crippen molar-refractivity contribution in [2.24, 2.45) is 0 Å². The van der Waals surface area contributed by atoms with Gasteiger partial charge in [-0.05, 0) is 50.5 Å². The monoisotopic (exact) mass is 261 g/mol. The Bertz CT molecular complexity index is 372. The summed E-state index contributed by atoms with van der Waals surface area (Å²) < 4.78 is 0. The van der Waals surface area contributed by atoms with Crippen molar-refractivity contribution in [2.45, 2.75) is 32.7 Å². The van der Waals surface area contributed by atoms with Crippen LogP contribution in [-0.2, 0) is 6.54 Å². The molecule has 1 saturated heterocycles. The number of rotatable bonds is 7. The molecule has 19 heavy (non-hydrogen) atoms. The van der Waals surface area contributed by atoms with Gasteiger partial charge in [-0.2, -0.15) is 0 Å². The van der Waals surface area contributed by atoms with Crippen molar-refractivity contribution in [2.75, 3.05) is 38.5 Å². The van der Waals surface area contributed by atoms with Gasteiger partial charge in [-0.25, -0.2) is 0 Å². The lowest BCUT2D eigenvalue weighted by Crippen LogP contribution is -2.34. The van der Waals surface area contributed by atoms with Gasteiger partial charge in [-0.1, -0.05) is 25.1 Å². The standard InChI is InChI=1S/C16H27N3/c1-2-9-19(13-12-18-10-5-6-11-18)14-15-7-3-4-8-16(15)17/h3-4,7-8H,2,5-6,9-14,17H2,1H3. The summed E-state index contributed by atoms with van der Waals surface area (Å²) >= 11 is 0. The van der Waals surface area contributed by atoms with Gasteiger partial charge < -0.3 is 10.6 Å². The molecule has 3 nitrogen and oxygen atoms in total. The second-order valence-corrected chi connectivity index (χ2v) is 5.52. The van der Waals surface area contributed by atoms with Gasteiger partial charge in [0, 0.05) is 25.3 Å². The summed E-state index contributed by atoms with van der Waals surface area (Å²) in [6.45, 7) is 9.31. The molecule has 106 valence electrons. The molecule has 0 atom stereocenters. The van der Waals surface area contributed by atoms with Gasteiger partial charge >= 0.3 is 0 Å². The molecule has 0 bridgehead atoms. The van der Waals surface area contributed by atoms with Crippen molar-refractivity contribution in [3.63, 3.8) is 0 Å². The quantitative estimate of drug-likeness (QED) is 0.766. The zero-order valence-electron chi connectivity index (χ0n) is 12.1. The van der Waals surface area contributed by atoms with E-state index in [1.165, 1.54) is 44.5 Å². The van der Waals surface area contributed by atoms with E-state index in [2.05, 4.69) is 28.9 Å². The Morgan fingerprint density at radius 2 is 1.89 bits per heavy atom. The Hall–Kier alpha value is -1.06. The van der Waals surface area contributed by atoms with Gasteiger partial charge in [-0.3, -0.25) is 4.90 Å². The zero-order chi connectivity index (χ0) is 13.5. The van der Waals surface area contributed by atoms with E-state index in [1.54, 1.807) is 0 Å². The highest BCUT2D eigenvalue weighted by atomic mass is 15.2. The molecular weight excluding hydrogens is 234 g/mol. The van der Waals surface area contributed by atoms with E-state index in [-0.39, 0.29) is 0 Å². The van der Waals surface area contributed by atoms with Gasteiger partial charge in [0.25, 0.3) is 0 Å². The largest absolute Gasteiger partial charge is 0.398 e. The predicted molar refractivity (Wildman–Crippen MR) is 82.1 cm³/mol. The van der Waals surface area contributed by atoms with Crippen molar-refractivity contribution in [1.82, 2.24) is 9.80 Å². The molecule has 0 aliphatic carbocycles. The van der Waals surface area contributed by atoms with Crippen molar-refractivity contribution in [3.8, 4) is 0 Å². The molecule has 0 radical (unpaired) electrons. The normalized spacial score (nSPS) is 16.3. The van der Waals surface area contributed by atoms with Crippen LogP contribution >= 0.6 is 0 Å².